The van der Waals surface area contributed by atoms with E-state index in [2.05, 4.69) is 207 Å². The molecule has 0 aliphatic carbocycles. The van der Waals surface area contributed by atoms with Crippen molar-refractivity contribution in [2.45, 2.75) is 59.3 Å². The van der Waals surface area contributed by atoms with Crippen LogP contribution in [0.1, 0.15) is 123 Å². The molecule has 0 radical (unpaired) electrons. The van der Waals surface area contributed by atoms with Gasteiger partial charge in [-0.25, -0.2) is 44.7 Å². The van der Waals surface area contributed by atoms with Gasteiger partial charge >= 0.3 is 5.97 Å². The molecule has 0 saturated heterocycles. The monoisotopic (exact) mass is 1950 g/mol. The Morgan fingerprint density at radius 1 is 0.398 bits per heavy atom. The number of aldehydes is 1. The average Bonchev–Trinajstić information content (AvgIpc) is 1.63. The second-order valence-corrected chi connectivity index (χ2v) is 39.3. The molecule has 0 unspecified atom stereocenters. The van der Waals surface area contributed by atoms with Crippen molar-refractivity contribution in [2.24, 2.45) is 25.0 Å². The summed E-state index contributed by atoms with van der Waals surface area (Å²) in [5.74, 6) is 7.61. The van der Waals surface area contributed by atoms with Crippen LogP contribution in [0.25, 0.3) is 62.8 Å². The van der Waals surface area contributed by atoms with Crippen molar-refractivity contribution < 1.29 is 27.6 Å². The molecular formula is C105H77Br3N18O6Si. The molecule has 18 aromatic rings. The molecule has 648 valence electrons. The predicted octanol–water partition coefficient (Wildman–Crippen LogP) is 21.6. The second kappa shape index (κ2) is 38.4. The number of imidazole rings is 5. The summed E-state index contributed by atoms with van der Waals surface area (Å²) in [6.07, 6.45) is 24.5. The number of esters is 1. The summed E-state index contributed by atoms with van der Waals surface area (Å²) >= 11 is 10.7. The molecule has 0 amide bonds. The Labute approximate surface area is 790 Å². The standard InChI is InChI=1S/C25H22N4OSi.C22H14N4O.C20H13BrN4O.C20H16BrN3O2.C18H12BrN3O/c1-31(2,3)12-11-18-9-10-21-20(13-18)24(19-7-5-4-6-8-19)27-14-22-25(28-16-29(21)22)23-15-26-17-30-23;1-2-15-8-9-18-17(10-15)21(16-6-4-3-5-7-16)24-11-19-22(25-13-26(18)19)20-12-23-14-27-20;21-14-6-7-16-15(8-14)19(13-4-2-1-3-5-13)23-9-17-20(24-11-25(16)17)18-10-22-12-26-18;1-2-26-20(25)19-17-11-22-18(13-6-4-3-5-7-13)15-10-14(21)8-9-16(15)24(17)12-23-19;19-13-6-7-16-14(8-13)18(12-4-2-1-3-5-12)20-9-17-15(10-23)21-11-22(16)17/h4-10,13,15-17H,14H2,1-3H3;1,3-10,12-14H,11H2;1-8,10-12H,9H2;3-10,12H,2,11H2,1H3;1-8,10-11H,9H2. The molecule has 5 aliphatic rings. The average molecular weight is 1950 g/mol. The Morgan fingerprint density at radius 3 is 1.05 bits per heavy atom. The third kappa shape index (κ3) is 18.1. The normalized spacial score (nSPS) is 12.7. The van der Waals surface area contributed by atoms with E-state index in [4.69, 9.17) is 49.4 Å². The zero-order valence-corrected chi connectivity index (χ0v) is 77.7. The number of aliphatic imine (C=N–C) groups is 5. The van der Waals surface area contributed by atoms with Crippen LogP contribution in [-0.2, 0) is 37.5 Å². The van der Waals surface area contributed by atoms with Gasteiger partial charge in [-0.1, -0.05) is 231 Å². The first kappa shape index (κ1) is 86.5. The van der Waals surface area contributed by atoms with E-state index in [0.717, 1.165) is 189 Å². The number of fused-ring (bicyclic) bond motifs is 15. The molecule has 0 N–H and O–H groups in total. The van der Waals surface area contributed by atoms with Crippen LogP contribution in [0.5, 0.6) is 0 Å². The summed E-state index contributed by atoms with van der Waals surface area (Å²) in [5, 5.41) is 0. The number of oxazole rings is 3. The lowest BCUT2D eigenvalue weighted by Gasteiger charge is -2.12. The largest absolute Gasteiger partial charge is 0.461 e. The van der Waals surface area contributed by atoms with Crippen molar-refractivity contribution >= 4 is 96.7 Å². The summed E-state index contributed by atoms with van der Waals surface area (Å²) in [4.78, 5) is 82.2. The van der Waals surface area contributed by atoms with Gasteiger partial charge in [0.05, 0.1) is 143 Å². The van der Waals surface area contributed by atoms with Gasteiger partial charge in [0.15, 0.2) is 48.4 Å². The Bertz CT molecular complexity index is 7680. The number of terminal acetylenes is 1. The maximum atomic E-state index is 12.3. The van der Waals surface area contributed by atoms with Gasteiger partial charge in [-0.05, 0) is 97.9 Å². The molecule has 24 nitrogen and oxygen atoms in total. The third-order valence-corrected chi connectivity index (χ3v) is 24.7. The minimum absolute atomic E-state index is 0.313. The first-order chi connectivity index (χ1) is 65.1. The molecule has 0 fully saturated rings. The highest BCUT2D eigenvalue weighted by Crippen LogP contribution is 2.38. The molecule has 10 aromatic carbocycles. The number of nitrogens with zero attached hydrogens (tertiary/aromatic N) is 18. The van der Waals surface area contributed by atoms with E-state index in [0.29, 0.717) is 68.0 Å². The van der Waals surface area contributed by atoms with E-state index in [9.17, 15) is 9.59 Å². The van der Waals surface area contributed by atoms with Gasteiger partial charge in [0.1, 0.15) is 62.5 Å². The van der Waals surface area contributed by atoms with Crippen molar-refractivity contribution in [3.63, 3.8) is 0 Å². The van der Waals surface area contributed by atoms with Crippen LogP contribution in [0.2, 0.25) is 19.6 Å². The van der Waals surface area contributed by atoms with Gasteiger partial charge in [0.2, 0.25) is 0 Å². The fourth-order valence-electron chi connectivity index (χ4n) is 16.2. The first-order valence-electron chi connectivity index (χ1n) is 42.4. The molecule has 23 rings (SSSR count). The quantitative estimate of drug-likeness (QED) is 0.0504. The molecular weight excluding hydrogens is 1880 g/mol. The highest BCUT2D eigenvalue weighted by molar-refractivity contribution is 9.11. The zero-order chi connectivity index (χ0) is 91.1. The van der Waals surface area contributed by atoms with E-state index in [1.807, 2.05) is 196 Å². The molecule has 28 heteroatoms. The SMILES string of the molecule is Brc1ccc2c(c1)C(c1ccccc1)=NCc1c(-c3cnco3)ncn1-2.C#Cc1ccc2c(c1)C(c1ccccc1)=NCc1c(-c3cnco3)ncn1-2.CCOC(=O)c1ncn2c1CN=C(c1ccccc1)c1cc(Br)ccc1-2.C[Si](C)(C)C#Cc1ccc2c(c1)C(c1ccccc1)=NCc1c(-c3cnco3)ncn1-2.O=Cc1ncn2c1CN=C(c1ccccc1)c1cc(Br)ccc1-2. The Kier molecular flexibility index (Phi) is 25.0. The fourth-order valence-corrected chi connectivity index (χ4v) is 17.8. The molecule has 0 bridgehead atoms. The minimum Gasteiger partial charge on any atom is -0.461 e. The van der Waals surface area contributed by atoms with Crippen molar-refractivity contribution in [1.82, 2.24) is 62.7 Å². The van der Waals surface area contributed by atoms with Crippen LogP contribution in [0.3, 0.4) is 0 Å². The number of aromatic nitrogens is 13. The third-order valence-electron chi connectivity index (χ3n) is 22.3. The lowest BCUT2D eigenvalue weighted by molar-refractivity contribution is 0.0518. The maximum Gasteiger partial charge on any atom is 0.358 e. The topological polar surface area (TPSA) is 272 Å². The summed E-state index contributed by atoms with van der Waals surface area (Å²) < 4.78 is 34.6. The van der Waals surface area contributed by atoms with E-state index in [1.54, 1.807) is 44.5 Å². The molecule has 0 saturated carbocycles. The smallest absolute Gasteiger partial charge is 0.358 e. The second-order valence-electron chi connectivity index (χ2n) is 31.8. The van der Waals surface area contributed by atoms with E-state index in [-0.39, 0.29) is 0 Å². The number of hydrogen-bond acceptors (Lipinski definition) is 19. The predicted molar refractivity (Wildman–Crippen MR) is 526 cm³/mol. The fraction of sp³-hybridized carbons (Fsp3) is 0.0952. The summed E-state index contributed by atoms with van der Waals surface area (Å²) in [5.41, 5.74) is 32.8. The molecule has 8 aromatic heterocycles. The van der Waals surface area contributed by atoms with Crippen LogP contribution >= 0.6 is 47.8 Å². The van der Waals surface area contributed by atoms with E-state index in [1.165, 1.54) is 19.2 Å². The first-order valence-corrected chi connectivity index (χ1v) is 48.3. The number of halogens is 3. The van der Waals surface area contributed by atoms with Crippen LogP contribution in [0, 0.1) is 23.8 Å². The van der Waals surface area contributed by atoms with Gasteiger partial charge in [-0.3, -0.25) is 52.6 Å². The molecule has 0 atom stereocenters. The highest BCUT2D eigenvalue weighted by Gasteiger charge is 2.31. The number of hydrogen-bond donors (Lipinski definition) is 0. The minimum atomic E-state index is -1.47. The van der Waals surface area contributed by atoms with E-state index < -0.39 is 14.0 Å². The van der Waals surface area contributed by atoms with Crippen molar-refractivity contribution in [3.8, 4) is 86.6 Å². The van der Waals surface area contributed by atoms with Gasteiger partial charge in [0, 0.05) is 80.2 Å². The molecule has 0 spiro atoms. The van der Waals surface area contributed by atoms with Crippen LogP contribution < -0.4 is 0 Å². The lowest BCUT2D eigenvalue weighted by atomic mass is 9.98. The van der Waals surface area contributed by atoms with Crippen LogP contribution in [-0.4, -0.2) is 118 Å². The van der Waals surface area contributed by atoms with Gasteiger partial charge in [-0.15, -0.1) is 12.0 Å². The lowest BCUT2D eigenvalue weighted by Crippen LogP contribution is -2.16. The Balaban J connectivity index is 0.000000107. The Morgan fingerprint density at radius 2 is 0.707 bits per heavy atom. The van der Waals surface area contributed by atoms with Gasteiger partial charge in [0.25, 0.3) is 0 Å². The number of benzene rings is 10. The van der Waals surface area contributed by atoms with Crippen molar-refractivity contribution in [1.29, 1.82) is 0 Å². The number of rotatable bonds is 11. The van der Waals surface area contributed by atoms with Crippen molar-refractivity contribution in [2.75, 3.05) is 6.61 Å². The summed E-state index contributed by atoms with van der Waals surface area (Å²) in [6, 6.07) is 81.4. The molecule has 133 heavy (non-hydrogen) atoms. The van der Waals surface area contributed by atoms with E-state index >= 15 is 0 Å². The Hall–Kier alpha value is -15.9. The van der Waals surface area contributed by atoms with Crippen LogP contribution in [0.15, 0.2) is 364 Å². The maximum absolute atomic E-state index is 12.3. The highest BCUT2D eigenvalue weighted by atomic mass is 79.9. The van der Waals surface area contributed by atoms with Crippen molar-refractivity contribution in [3.05, 3.63) is 432 Å². The number of carbonyl (C=O) groups is 2. The van der Waals surface area contributed by atoms with Crippen LogP contribution in [0.4, 0.5) is 0 Å². The summed E-state index contributed by atoms with van der Waals surface area (Å²) in [6.45, 7) is 11.1. The molecule has 13 heterocycles. The number of carbonyl (C=O) groups excluding carboxylic acids is 2. The zero-order valence-electron chi connectivity index (χ0n) is 72.0. The van der Waals surface area contributed by atoms with Gasteiger partial charge in [-0.2, -0.15) is 0 Å². The molecule has 5 aliphatic heterocycles. The van der Waals surface area contributed by atoms with Gasteiger partial charge < -0.3 is 18.0 Å². The summed E-state index contributed by atoms with van der Waals surface area (Å²) in [7, 11) is -1.47. The number of ether oxygens (including phenoxy) is 1.